The highest BCUT2D eigenvalue weighted by Crippen LogP contribution is 2.21. The molecule has 146 valence electrons. The van der Waals surface area contributed by atoms with E-state index in [0.717, 1.165) is 0 Å². The molecule has 0 aliphatic carbocycles. The van der Waals surface area contributed by atoms with Gasteiger partial charge in [0.2, 0.25) is 12.3 Å². The summed E-state index contributed by atoms with van der Waals surface area (Å²) in [5.41, 5.74) is 4.94. The molecule has 1 unspecified atom stereocenters. The summed E-state index contributed by atoms with van der Waals surface area (Å²) >= 11 is 1.92. The standard InChI is InChI=1S/C15H14BrF4N5O2/c1-8(13(17)18)7-27-12-3-2-9(4-23-12)10-5-22-11(6-21-10)24-25-14(26)15(16,19)20/h2-6,8,13H,7H2,1H3,(H,22,24)(H,25,26). The smallest absolute Gasteiger partial charge is 0.379 e. The summed E-state index contributed by atoms with van der Waals surface area (Å²) in [6, 6.07) is 3.11. The van der Waals surface area contributed by atoms with Gasteiger partial charge in [-0.25, -0.2) is 18.7 Å². The zero-order valence-corrected chi connectivity index (χ0v) is 15.4. The Bertz CT molecular complexity index is 756. The summed E-state index contributed by atoms with van der Waals surface area (Å²) < 4.78 is 55.3. The van der Waals surface area contributed by atoms with Crippen molar-refractivity contribution in [1.82, 2.24) is 20.4 Å². The molecule has 0 spiro atoms. The Balaban J connectivity index is 1.94. The molecule has 27 heavy (non-hydrogen) atoms. The zero-order valence-electron chi connectivity index (χ0n) is 13.8. The van der Waals surface area contributed by atoms with Crippen LogP contribution in [0, 0.1) is 5.92 Å². The average molecular weight is 452 g/mol. The van der Waals surface area contributed by atoms with Crippen LogP contribution in [0.25, 0.3) is 11.3 Å². The molecule has 2 N–H and O–H groups in total. The summed E-state index contributed by atoms with van der Waals surface area (Å²) in [4.78, 5) is 19.3. The van der Waals surface area contributed by atoms with Crippen molar-refractivity contribution in [3.63, 3.8) is 0 Å². The van der Waals surface area contributed by atoms with Crippen molar-refractivity contribution in [1.29, 1.82) is 0 Å². The summed E-state index contributed by atoms with van der Waals surface area (Å²) in [6.45, 7) is 1.20. The number of aromatic nitrogens is 3. The van der Waals surface area contributed by atoms with Crippen LogP contribution in [0.2, 0.25) is 0 Å². The van der Waals surface area contributed by atoms with E-state index in [1.165, 1.54) is 31.6 Å². The number of hydrogen-bond donors (Lipinski definition) is 2. The molecule has 0 bridgehead atoms. The summed E-state index contributed by atoms with van der Waals surface area (Å²) in [5, 5.41) is 0. The summed E-state index contributed by atoms with van der Waals surface area (Å²) in [7, 11) is 0. The highest BCUT2D eigenvalue weighted by molar-refractivity contribution is 9.10. The minimum Gasteiger partial charge on any atom is -0.477 e. The predicted molar refractivity (Wildman–Crippen MR) is 91.6 cm³/mol. The molecule has 2 aromatic rings. The van der Waals surface area contributed by atoms with Gasteiger partial charge >= 0.3 is 10.7 Å². The summed E-state index contributed by atoms with van der Waals surface area (Å²) in [6.07, 6.45) is 1.50. The van der Waals surface area contributed by atoms with E-state index in [1.807, 2.05) is 15.9 Å². The third-order valence-electron chi connectivity index (χ3n) is 3.17. The quantitative estimate of drug-likeness (QED) is 0.363. The molecule has 0 radical (unpaired) electrons. The average Bonchev–Trinajstić information content (AvgIpc) is 2.64. The number of hydrazine groups is 1. The molecule has 1 atom stereocenters. The number of anilines is 1. The van der Waals surface area contributed by atoms with E-state index in [4.69, 9.17) is 4.74 Å². The number of hydrogen-bond acceptors (Lipinski definition) is 6. The van der Waals surface area contributed by atoms with Crippen molar-refractivity contribution in [3.8, 4) is 17.1 Å². The van der Waals surface area contributed by atoms with Gasteiger partial charge in [0.05, 0.1) is 30.6 Å². The van der Waals surface area contributed by atoms with Gasteiger partial charge in [-0.1, -0.05) is 6.92 Å². The first-order valence-corrected chi connectivity index (χ1v) is 8.28. The normalized spacial score (nSPS) is 12.6. The Morgan fingerprint density at radius 3 is 2.48 bits per heavy atom. The van der Waals surface area contributed by atoms with Crippen LogP contribution in [0.15, 0.2) is 30.7 Å². The Hall–Kier alpha value is -2.50. The van der Waals surface area contributed by atoms with Crippen LogP contribution in [0.4, 0.5) is 23.4 Å². The van der Waals surface area contributed by atoms with E-state index in [2.05, 4.69) is 20.4 Å². The number of rotatable bonds is 8. The third kappa shape index (κ3) is 6.31. The van der Waals surface area contributed by atoms with Crippen molar-refractivity contribution in [2.45, 2.75) is 18.2 Å². The van der Waals surface area contributed by atoms with Crippen molar-refractivity contribution in [2.75, 3.05) is 12.0 Å². The maximum Gasteiger partial charge on any atom is 0.379 e. The van der Waals surface area contributed by atoms with Crippen LogP contribution in [0.1, 0.15) is 6.92 Å². The molecular formula is C15H14BrF4N5O2. The lowest BCUT2D eigenvalue weighted by atomic mass is 10.2. The zero-order chi connectivity index (χ0) is 20.0. The Morgan fingerprint density at radius 2 is 1.96 bits per heavy atom. The van der Waals surface area contributed by atoms with Gasteiger partial charge < -0.3 is 4.74 Å². The number of alkyl halides is 5. The van der Waals surface area contributed by atoms with Crippen LogP contribution in [-0.2, 0) is 4.79 Å². The van der Waals surface area contributed by atoms with Crippen LogP contribution in [0.5, 0.6) is 5.88 Å². The van der Waals surface area contributed by atoms with Gasteiger partial charge in [-0.3, -0.25) is 20.6 Å². The number of carbonyl (C=O) groups is 1. The second-order valence-electron chi connectivity index (χ2n) is 5.37. The maximum absolute atomic E-state index is 12.6. The molecule has 0 aromatic carbocycles. The van der Waals surface area contributed by atoms with Crippen molar-refractivity contribution in [2.24, 2.45) is 5.92 Å². The van der Waals surface area contributed by atoms with Gasteiger partial charge in [0.1, 0.15) is 0 Å². The Kier molecular flexibility index (Phi) is 6.88. The van der Waals surface area contributed by atoms with Crippen molar-refractivity contribution < 1.29 is 27.1 Å². The van der Waals surface area contributed by atoms with Crippen LogP contribution >= 0.6 is 15.9 Å². The van der Waals surface area contributed by atoms with Crippen LogP contribution in [-0.4, -0.2) is 38.7 Å². The van der Waals surface area contributed by atoms with Gasteiger partial charge in [0.15, 0.2) is 5.82 Å². The van der Waals surface area contributed by atoms with E-state index in [1.54, 1.807) is 11.5 Å². The second kappa shape index (κ2) is 8.93. The minimum atomic E-state index is -3.71. The molecule has 0 saturated heterocycles. The van der Waals surface area contributed by atoms with Gasteiger partial charge in [-0.05, 0) is 6.07 Å². The maximum atomic E-state index is 12.6. The molecule has 0 aliphatic heterocycles. The molecule has 7 nitrogen and oxygen atoms in total. The molecule has 2 aromatic heterocycles. The number of nitrogens with one attached hydrogen (secondary N) is 2. The molecule has 0 saturated carbocycles. The van der Waals surface area contributed by atoms with Gasteiger partial charge in [0.25, 0.3) is 0 Å². The van der Waals surface area contributed by atoms with Gasteiger partial charge in [-0.15, -0.1) is 0 Å². The molecule has 12 heteroatoms. The number of carbonyl (C=O) groups excluding carboxylic acids is 1. The number of ether oxygens (including phenoxy) is 1. The first-order chi connectivity index (χ1) is 12.7. The lowest BCUT2D eigenvalue weighted by Gasteiger charge is -2.12. The SMILES string of the molecule is CC(COc1ccc(-c2cnc(NNC(=O)C(F)(F)Br)cn2)cn1)C(F)F. The lowest BCUT2D eigenvalue weighted by Crippen LogP contribution is -2.39. The van der Waals surface area contributed by atoms with E-state index >= 15 is 0 Å². The van der Waals surface area contributed by atoms with E-state index < -0.39 is 23.1 Å². The fourth-order valence-electron chi connectivity index (χ4n) is 1.64. The first kappa shape index (κ1) is 20.8. The predicted octanol–water partition coefficient (Wildman–Crippen LogP) is 3.25. The molecule has 2 rings (SSSR count). The topological polar surface area (TPSA) is 89.0 Å². The largest absolute Gasteiger partial charge is 0.477 e. The number of pyridine rings is 1. The second-order valence-corrected chi connectivity index (χ2v) is 6.37. The Labute approximate surface area is 159 Å². The minimum absolute atomic E-state index is 0.0396. The number of halogens is 5. The highest BCUT2D eigenvalue weighted by atomic mass is 79.9. The third-order valence-corrected chi connectivity index (χ3v) is 3.53. The molecule has 0 aliphatic rings. The molecule has 1 amide bonds. The van der Waals surface area contributed by atoms with E-state index in [9.17, 15) is 22.4 Å². The van der Waals surface area contributed by atoms with Crippen LogP contribution in [0.3, 0.4) is 0 Å². The molecule has 2 heterocycles. The number of amides is 1. The fraction of sp³-hybridized carbons (Fsp3) is 0.333. The first-order valence-electron chi connectivity index (χ1n) is 7.49. The monoisotopic (exact) mass is 451 g/mol. The summed E-state index contributed by atoms with van der Waals surface area (Å²) in [5.74, 6) is -2.27. The highest BCUT2D eigenvalue weighted by Gasteiger charge is 2.34. The fourth-order valence-corrected chi connectivity index (χ4v) is 1.74. The van der Waals surface area contributed by atoms with E-state index in [-0.39, 0.29) is 18.3 Å². The lowest BCUT2D eigenvalue weighted by molar-refractivity contribution is -0.133. The van der Waals surface area contributed by atoms with Gasteiger partial charge in [0, 0.05) is 33.8 Å². The van der Waals surface area contributed by atoms with Gasteiger partial charge in [-0.2, -0.15) is 8.78 Å². The molecule has 0 fully saturated rings. The van der Waals surface area contributed by atoms with Crippen molar-refractivity contribution in [3.05, 3.63) is 30.7 Å². The Morgan fingerprint density at radius 1 is 1.22 bits per heavy atom. The number of nitrogens with zero attached hydrogens (tertiary/aromatic N) is 3. The van der Waals surface area contributed by atoms with Crippen molar-refractivity contribution >= 4 is 27.7 Å². The molecular weight excluding hydrogens is 438 g/mol. The van der Waals surface area contributed by atoms with E-state index in [0.29, 0.717) is 11.3 Å². The van der Waals surface area contributed by atoms with Crippen LogP contribution < -0.4 is 15.6 Å².